The number of rotatable bonds is 16. The molecule has 0 radical (unpaired) electrons. The number of hydrogen-bond donors (Lipinski definition) is 0. The highest BCUT2D eigenvalue weighted by molar-refractivity contribution is 5.89. The van der Waals surface area contributed by atoms with Gasteiger partial charge in [-0.25, -0.2) is 4.79 Å². The van der Waals surface area contributed by atoms with Crippen LogP contribution in [0, 0.1) is 0 Å². The van der Waals surface area contributed by atoms with Gasteiger partial charge in [-0.15, -0.1) is 0 Å². The number of carbonyl (C=O) groups is 1. The molecule has 0 saturated carbocycles. The highest BCUT2D eigenvalue weighted by Gasteiger charge is 2.07. The average molecular weight is 443 g/mol. The van der Waals surface area contributed by atoms with E-state index in [4.69, 9.17) is 18.9 Å². The van der Waals surface area contributed by atoms with E-state index in [9.17, 15) is 4.79 Å². The molecular formula is C27H38O5. The van der Waals surface area contributed by atoms with Crippen molar-refractivity contribution >= 4 is 5.97 Å². The number of benzene rings is 2. The molecular weight excluding hydrogens is 404 g/mol. The van der Waals surface area contributed by atoms with Crippen molar-refractivity contribution in [1.29, 1.82) is 0 Å². The Kier molecular flexibility index (Phi) is 12.1. The molecule has 0 amide bonds. The summed E-state index contributed by atoms with van der Waals surface area (Å²) in [6.07, 6.45) is 8.54. The minimum absolute atomic E-state index is 0.147. The fraction of sp³-hybridized carbons (Fsp3) is 0.519. The van der Waals surface area contributed by atoms with Gasteiger partial charge in [-0.1, -0.05) is 45.4 Å². The minimum Gasteiger partial charge on any atom is -0.491 e. The second-order valence-corrected chi connectivity index (χ2v) is 8.12. The standard InChI is InChI=1S/C27H38O5/c1-4-5-6-7-8-9-10-19-31-27(28)23-11-13-24(14-12-23)29-20-21-30-25-15-17-26(18-16-25)32-22(2)3/h11-18,22H,4-10,19-21H2,1-3H3. The first-order chi connectivity index (χ1) is 15.6. The lowest BCUT2D eigenvalue weighted by atomic mass is 10.1. The van der Waals surface area contributed by atoms with E-state index in [-0.39, 0.29) is 12.1 Å². The zero-order valence-corrected chi connectivity index (χ0v) is 19.8. The van der Waals surface area contributed by atoms with Gasteiger partial charge in [-0.3, -0.25) is 0 Å². The summed E-state index contributed by atoms with van der Waals surface area (Å²) in [4.78, 5) is 12.1. The predicted octanol–water partition coefficient (Wildman–Crippen LogP) is 6.84. The average Bonchev–Trinajstić information content (AvgIpc) is 2.79. The maximum atomic E-state index is 12.1. The molecule has 5 heteroatoms. The Balaban J connectivity index is 1.59. The topological polar surface area (TPSA) is 54.0 Å². The van der Waals surface area contributed by atoms with Crippen LogP contribution in [0.15, 0.2) is 48.5 Å². The molecule has 0 heterocycles. The number of carbonyl (C=O) groups excluding carboxylic acids is 1. The second kappa shape index (κ2) is 15.2. The van der Waals surface area contributed by atoms with Crippen molar-refractivity contribution < 1.29 is 23.7 Å². The van der Waals surface area contributed by atoms with E-state index < -0.39 is 0 Å². The van der Waals surface area contributed by atoms with Gasteiger partial charge in [0.2, 0.25) is 0 Å². The van der Waals surface area contributed by atoms with Crippen LogP contribution in [0.2, 0.25) is 0 Å². The van der Waals surface area contributed by atoms with Crippen molar-refractivity contribution in [3.8, 4) is 17.2 Å². The first kappa shape index (κ1) is 25.6. The molecule has 0 aliphatic heterocycles. The summed E-state index contributed by atoms with van der Waals surface area (Å²) in [6, 6.07) is 14.6. The molecule has 5 nitrogen and oxygen atoms in total. The van der Waals surface area contributed by atoms with E-state index in [1.165, 1.54) is 32.1 Å². The van der Waals surface area contributed by atoms with Crippen molar-refractivity contribution in [2.24, 2.45) is 0 Å². The maximum absolute atomic E-state index is 12.1. The van der Waals surface area contributed by atoms with Crippen LogP contribution in [0.4, 0.5) is 0 Å². The van der Waals surface area contributed by atoms with E-state index in [1.807, 2.05) is 38.1 Å². The number of unbranched alkanes of at least 4 members (excludes halogenated alkanes) is 6. The monoisotopic (exact) mass is 442 g/mol. The molecule has 0 unspecified atom stereocenters. The molecule has 2 rings (SSSR count). The van der Waals surface area contributed by atoms with Crippen molar-refractivity contribution in [2.75, 3.05) is 19.8 Å². The lowest BCUT2D eigenvalue weighted by Crippen LogP contribution is -2.10. The van der Waals surface area contributed by atoms with Crippen LogP contribution in [-0.2, 0) is 4.74 Å². The predicted molar refractivity (Wildman–Crippen MR) is 128 cm³/mol. The third-order valence-electron chi connectivity index (χ3n) is 4.89. The molecule has 0 spiro atoms. The summed E-state index contributed by atoms with van der Waals surface area (Å²) in [7, 11) is 0. The summed E-state index contributed by atoms with van der Waals surface area (Å²) >= 11 is 0. The normalized spacial score (nSPS) is 10.8. The molecule has 2 aromatic carbocycles. The summed E-state index contributed by atoms with van der Waals surface area (Å²) in [6.45, 7) is 7.52. The zero-order chi connectivity index (χ0) is 23.0. The lowest BCUT2D eigenvalue weighted by molar-refractivity contribution is 0.0497. The van der Waals surface area contributed by atoms with Crippen LogP contribution < -0.4 is 14.2 Å². The molecule has 0 aromatic heterocycles. The van der Waals surface area contributed by atoms with E-state index in [1.54, 1.807) is 24.3 Å². The molecule has 0 fully saturated rings. The SMILES string of the molecule is CCCCCCCCCOC(=O)c1ccc(OCCOc2ccc(OC(C)C)cc2)cc1. The number of esters is 1. The van der Waals surface area contributed by atoms with E-state index >= 15 is 0 Å². The third-order valence-corrected chi connectivity index (χ3v) is 4.89. The van der Waals surface area contributed by atoms with Crippen LogP contribution in [0.3, 0.4) is 0 Å². The minimum atomic E-state index is -0.282. The highest BCUT2D eigenvalue weighted by Crippen LogP contribution is 2.19. The van der Waals surface area contributed by atoms with Crippen LogP contribution in [0.5, 0.6) is 17.2 Å². The van der Waals surface area contributed by atoms with Gasteiger partial charge in [0.25, 0.3) is 0 Å². The fourth-order valence-electron chi connectivity index (χ4n) is 3.20. The molecule has 0 bridgehead atoms. The molecule has 0 saturated heterocycles. The van der Waals surface area contributed by atoms with Gasteiger partial charge < -0.3 is 18.9 Å². The Morgan fingerprint density at radius 1 is 0.688 bits per heavy atom. The Morgan fingerprint density at radius 3 is 1.75 bits per heavy atom. The van der Waals surface area contributed by atoms with Crippen LogP contribution in [-0.4, -0.2) is 31.9 Å². The largest absolute Gasteiger partial charge is 0.491 e. The Hall–Kier alpha value is -2.69. The van der Waals surface area contributed by atoms with Gasteiger partial charge in [0.05, 0.1) is 18.3 Å². The molecule has 0 aliphatic carbocycles. The van der Waals surface area contributed by atoms with Gasteiger partial charge in [0.1, 0.15) is 30.5 Å². The van der Waals surface area contributed by atoms with Gasteiger partial charge in [-0.05, 0) is 68.8 Å². The maximum Gasteiger partial charge on any atom is 0.338 e. The molecule has 0 N–H and O–H groups in total. The first-order valence-electron chi connectivity index (χ1n) is 11.9. The van der Waals surface area contributed by atoms with Crippen molar-refractivity contribution in [3.63, 3.8) is 0 Å². The summed E-state index contributed by atoms with van der Waals surface area (Å²) in [5.41, 5.74) is 0.542. The lowest BCUT2D eigenvalue weighted by Gasteiger charge is -2.11. The molecule has 0 aliphatic rings. The molecule has 176 valence electrons. The highest BCUT2D eigenvalue weighted by atomic mass is 16.5. The second-order valence-electron chi connectivity index (χ2n) is 8.12. The third kappa shape index (κ3) is 10.6. The van der Waals surface area contributed by atoms with Gasteiger partial charge >= 0.3 is 5.97 Å². The van der Waals surface area contributed by atoms with Crippen LogP contribution in [0.1, 0.15) is 76.1 Å². The van der Waals surface area contributed by atoms with Gasteiger partial charge in [0.15, 0.2) is 0 Å². The van der Waals surface area contributed by atoms with E-state index in [0.29, 0.717) is 31.1 Å². The molecule has 2 aromatic rings. The summed E-state index contributed by atoms with van der Waals surface area (Å²) in [5.74, 6) is 2.00. The van der Waals surface area contributed by atoms with E-state index in [0.717, 1.165) is 24.3 Å². The Morgan fingerprint density at radius 2 is 1.19 bits per heavy atom. The molecule has 32 heavy (non-hydrogen) atoms. The van der Waals surface area contributed by atoms with Crippen molar-refractivity contribution in [1.82, 2.24) is 0 Å². The summed E-state index contributed by atoms with van der Waals surface area (Å²) < 4.78 is 22.4. The quantitative estimate of drug-likeness (QED) is 0.210. The van der Waals surface area contributed by atoms with Gasteiger partial charge in [-0.2, -0.15) is 0 Å². The number of hydrogen-bond acceptors (Lipinski definition) is 5. The Labute approximate surface area is 193 Å². The first-order valence-corrected chi connectivity index (χ1v) is 11.9. The van der Waals surface area contributed by atoms with E-state index in [2.05, 4.69) is 6.92 Å². The molecule has 0 atom stereocenters. The van der Waals surface area contributed by atoms with Gasteiger partial charge in [0, 0.05) is 0 Å². The summed E-state index contributed by atoms with van der Waals surface area (Å²) in [5, 5.41) is 0. The van der Waals surface area contributed by atoms with Crippen molar-refractivity contribution in [3.05, 3.63) is 54.1 Å². The Bertz CT molecular complexity index is 753. The van der Waals surface area contributed by atoms with Crippen molar-refractivity contribution in [2.45, 2.75) is 71.8 Å². The number of ether oxygens (including phenoxy) is 4. The fourth-order valence-corrected chi connectivity index (χ4v) is 3.20. The van der Waals surface area contributed by atoms with Crippen LogP contribution in [0.25, 0.3) is 0 Å². The smallest absolute Gasteiger partial charge is 0.338 e. The van der Waals surface area contributed by atoms with Crippen LogP contribution >= 0.6 is 0 Å². The zero-order valence-electron chi connectivity index (χ0n) is 19.8.